The van der Waals surface area contributed by atoms with Crippen LogP contribution in [0.1, 0.15) is 42.6 Å². The van der Waals surface area contributed by atoms with Crippen LogP contribution >= 0.6 is 11.8 Å². The van der Waals surface area contributed by atoms with Gasteiger partial charge in [0, 0.05) is 36.3 Å². The Morgan fingerprint density at radius 3 is 2.44 bits per heavy atom. The molecule has 0 atom stereocenters. The van der Waals surface area contributed by atoms with Gasteiger partial charge in [-0.25, -0.2) is 0 Å². The highest BCUT2D eigenvalue weighted by atomic mass is 32.2. The molecule has 0 bridgehead atoms. The topological polar surface area (TPSA) is 17.0 Å². The van der Waals surface area contributed by atoms with E-state index in [-0.39, 0.29) is 0 Å². The molecule has 2 nitrogen and oxygen atoms in total. The molecule has 0 unspecified atom stereocenters. The fraction of sp³-hybridized carbons (Fsp3) is 0.733. The molecule has 1 fully saturated rings. The first-order valence-corrected chi connectivity index (χ1v) is 8.28. The van der Waals surface area contributed by atoms with Gasteiger partial charge in [-0.1, -0.05) is 0 Å². The molecule has 1 aliphatic carbocycles. The van der Waals surface area contributed by atoms with Crippen molar-refractivity contribution in [3.05, 3.63) is 23.0 Å². The first kappa shape index (κ1) is 14.0. The van der Waals surface area contributed by atoms with Crippen molar-refractivity contribution in [1.29, 1.82) is 0 Å². The van der Waals surface area contributed by atoms with Crippen molar-refractivity contribution in [2.75, 3.05) is 6.26 Å². The van der Waals surface area contributed by atoms with Gasteiger partial charge in [-0.3, -0.25) is 0 Å². The van der Waals surface area contributed by atoms with Gasteiger partial charge in [0.05, 0.1) is 0 Å². The van der Waals surface area contributed by atoms with Crippen molar-refractivity contribution in [3.63, 3.8) is 0 Å². The summed E-state index contributed by atoms with van der Waals surface area (Å²) in [4.78, 5) is 0. The predicted octanol–water partition coefficient (Wildman–Crippen LogP) is 3.41. The third-order valence-corrected chi connectivity index (χ3v) is 5.61. The minimum atomic E-state index is 0.730. The molecule has 0 aromatic carbocycles. The van der Waals surface area contributed by atoms with Gasteiger partial charge < -0.3 is 9.88 Å². The summed E-state index contributed by atoms with van der Waals surface area (Å²) >= 11 is 2.04. The summed E-state index contributed by atoms with van der Waals surface area (Å²) in [6, 6.07) is 3.05. The lowest BCUT2D eigenvalue weighted by molar-refractivity contribution is 0.378. The summed E-state index contributed by atoms with van der Waals surface area (Å²) < 4.78 is 2.28. The van der Waals surface area contributed by atoms with Crippen molar-refractivity contribution >= 4 is 11.8 Å². The van der Waals surface area contributed by atoms with Crippen LogP contribution in [0.15, 0.2) is 6.07 Å². The summed E-state index contributed by atoms with van der Waals surface area (Å²) in [7, 11) is 2.15. The highest BCUT2D eigenvalue weighted by molar-refractivity contribution is 7.99. The largest absolute Gasteiger partial charge is 0.352 e. The summed E-state index contributed by atoms with van der Waals surface area (Å²) in [5.74, 6) is 0. The van der Waals surface area contributed by atoms with E-state index in [9.17, 15) is 0 Å². The molecule has 1 heterocycles. The lowest BCUT2D eigenvalue weighted by Crippen LogP contribution is -2.33. The van der Waals surface area contributed by atoms with E-state index in [1.807, 2.05) is 11.8 Å². The Bertz CT molecular complexity index is 389. The first-order valence-electron chi connectivity index (χ1n) is 6.99. The second-order valence-corrected chi connectivity index (χ2v) is 6.68. The average Bonchev–Trinajstić information content (AvgIpc) is 2.64. The Hall–Kier alpha value is -0.410. The Kier molecular flexibility index (Phi) is 4.79. The van der Waals surface area contributed by atoms with Gasteiger partial charge in [-0.05, 0) is 57.4 Å². The van der Waals surface area contributed by atoms with Gasteiger partial charge in [0.2, 0.25) is 0 Å². The summed E-state index contributed by atoms with van der Waals surface area (Å²) in [5, 5.41) is 4.65. The fourth-order valence-electron chi connectivity index (χ4n) is 2.87. The second kappa shape index (κ2) is 6.16. The zero-order chi connectivity index (χ0) is 13.1. The molecule has 3 heteroatoms. The molecule has 1 N–H and O–H groups in total. The van der Waals surface area contributed by atoms with E-state index < -0.39 is 0 Å². The normalized spacial score (nSPS) is 24.4. The average molecular weight is 266 g/mol. The zero-order valence-electron chi connectivity index (χ0n) is 12.1. The SMILES string of the molecule is CSC1CCC(NCc2cc(C)n(C)c2C)CC1. The van der Waals surface area contributed by atoms with Crippen LogP contribution in [0.3, 0.4) is 0 Å². The molecule has 1 aromatic heterocycles. The number of nitrogens with zero attached hydrogens (tertiary/aromatic N) is 1. The van der Waals surface area contributed by atoms with Crippen molar-refractivity contribution < 1.29 is 0 Å². The van der Waals surface area contributed by atoms with Gasteiger partial charge in [0.15, 0.2) is 0 Å². The van der Waals surface area contributed by atoms with Crippen molar-refractivity contribution in [2.45, 2.75) is 57.4 Å². The zero-order valence-corrected chi connectivity index (χ0v) is 12.9. The number of thioether (sulfide) groups is 1. The van der Waals surface area contributed by atoms with Crippen molar-refractivity contribution in [2.24, 2.45) is 7.05 Å². The smallest absolute Gasteiger partial charge is 0.0225 e. The Labute approximate surface area is 116 Å². The Balaban J connectivity index is 1.83. The van der Waals surface area contributed by atoms with E-state index >= 15 is 0 Å². The summed E-state index contributed by atoms with van der Waals surface area (Å²) in [5.41, 5.74) is 4.22. The fourth-order valence-corrected chi connectivity index (χ4v) is 3.61. The summed E-state index contributed by atoms with van der Waals surface area (Å²) in [6.07, 6.45) is 7.69. The minimum Gasteiger partial charge on any atom is -0.352 e. The number of rotatable bonds is 4. The van der Waals surface area contributed by atoms with Gasteiger partial charge in [0.1, 0.15) is 0 Å². The third kappa shape index (κ3) is 3.12. The Morgan fingerprint density at radius 2 is 1.94 bits per heavy atom. The number of hydrogen-bond acceptors (Lipinski definition) is 2. The molecule has 0 saturated heterocycles. The molecule has 1 aromatic rings. The maximum Gasteiger partial charge on any atom is 0.0225 e. The van der Waals surface area contributed by atoms with Crippen LogP contribution in [-0.4, -0.2) is 22.1 Å². The molecule has 0 spiro atoms. The molecular formula is C15H26N2S. The second-order valence-electron chi connectivity index (χ2n) is 5.55. The number of aromatic nitrogens is 1. The quantitative estimate of drug-likeness (QED) is 0.899. The molecule has 1 saturated carbocycles. The van der Waals surface area contributed by atoms with Crippen molar-refractivity contribution in [1.82, 2.24) is 9.88 Å². The molecule has 2 rings (SSSR count). The molecule has 0 amide bonds. The lowest BCUT2D eigenvalue weighted by Gasteiger charge is -2.28. The van der Waals surface area contributed by atoms with Crippen molar-refractivity contribution in [3.8, 4) is 0 Å². The maximum absolute atomic E-state index is 3.74. The monoisotopic (exact) mass is 266 g/mol. The standard InChI is InChI=1S/C15H26N2S/c1-11-9-13(12(2)17(11)3)10-16-14-5-7-15(18-4)8-6-14/h9,14-16H,5-8,10H2,1-4H3. The molecule has 102 valence electrons. The van der Waals surface area contributed by atoms with Gasteiger partial charge in [0.25, 0.3) is 0 Å². The maximum atomic E-state index is 3.74. The molecular weight excluding hydrogens is 240 g/mol. The van der Waals surface area contributed by atoms with E-state index in [2.05, 4.69) is 43.1 Å². The van der Waals surface area contributed by atoms with Crippen LogP contribution in [-0.2, 0) is 13.6 Å². The number of aryl methyl sites for hydroxylation is 1. The highest BCUT2D eigenvalue weighted by Gasteiger charge is 2.20. The number of nitrogens with one attached hydrogen (secondary N) is 1. The molecule has 0 radical (unpaired) electrons. The summed E-state index contributed by atoms with van der Waals surface area (Å²) in [6.45, 7) is 5.43. The van der Waals surface area contributed by atoms with Gasteiger partial charge >= 0.3 is 0 Å². The number of hydrogen-bond donors (Lipinski definition) is 1. The first-order chi connectivity index (χ1) is 8.61. The molecule has 0 aliphatic heterocycles. The predicted molar refractivity (Wildman–Crippen MR) is 81.3 cm³/mol. The minimum absolute atomic E-state index is 0.730. The van der Waals surface area contributed by atoms with E-state index in [4.69, 9.17) is 0 Å². The van der Waals surface area contributed by atoms with Gasteiger partial charge in [-0.15, -0.1) is 0 Å². The van der Waals surface area contributed by atoms with E-state index in [0.29, 0.717) is 0 Å². The lowest BCUT2D eigenvalue weighted by atomic mass is 9.95. The van der Waals surface area contributed by atoms with Crippen LogP contribution in [0.2, 0.25) is 0 Å². The van der Waals surface area contributed by atoms with Crippen LogP contribution in [0, 0.1) is 13.8 Å². The Morgan fingerprint density at radius 1 is 1.28 bits per heavy atom. The highest BCUT2D eigenvalue weighted by Crippen LogP contribution is 2.27. The van der Waals surface area contributed by atoms with E-state index in [1.54, 1.807) is 0 Å². The molecule has 1 aliphatic rings. The van der Waals surface area contributed by atoms with Gasteiger partial charge in [-0.2, -0.15) is 11.8 Å². The third-order valence-electron chi connectivity index (χ3n) is 4.47. The van der Waals surface area contributed by atoms with E-state index in [0.717, 1.165) is 17.8 Å². The van der Waals surface area contributed by atoms with Crippen LogP contribution in [0.5, 0.6) is 0 Å². The van der Waals surface area contributed by atoms with E-state index in [1.165, 1.54) is 42.6 Å². The molecule has 18 heavy (non-hydrogen) atoms. The van der Waals surface area contributed by atoms with Crippen LogP contribution < -0.4 is 5.32 Å². The van der Waals surface area contributed by atoms with Crippen LogP contribution in [0.4, 0.5) is 0 Å². The van der Waals surface area contributed by atoms with Crippen LogP contribution in [0.25, 0.3) is 0 Å².